The third-order valence-corrected chi connectivity index (χ3v) is 7.43. The second-order valence-corrected chi connectivity index (χ2v) is 9.10. The number of nitriles is 1. The fourth-order valence-electron chi connectivity index (χ4n) is 4.94. The maximum atomic E-state index is 9.06. The van der Waals surface area contributed by atoms with Crippen LogP contribution in [-0.2, 0) is 0 Å². The highest BCUT2D eigenvalue weighted by atomic mass is 79.9. The number of benzene rings is 2. The van der Waals surface area contributed by atoms with Gasteiger partial charge in [0, 0.05) is 30.1 Å². The molecule has 30 heavy (non-hydrogen) atoms. The Bertz CT molecular complexity index is 1090. The van der Waals surface area contributed by atoms with Gasteiger partial charge in [0.1, 0.15) is 0 Å². The minimum atomic E-state index is 0.674. The number of hydrogen-bond donors (Lipinski definition) is 0. The molecule has 0 bridgehead atoms. The molecule has 0 radical (unpaired) electrons. The topological polar surface area (TPSA) is 43.2 Å². The summed E-state index contributed by atoms with van der Waals surface area (Å²) in [6.07, 6.45) is 7.21. The van der Waals surface area contributed by atoms with Crippen LogP contribution in [0.15, 0.2) is 53.1 Å². The molecule has 5 heteroatoms. The number of halogens is 1. The van der Waals surface area contributed by atoms with Gasteiger partial charge in [-0.15, -0.1) is 0 Å². The SMILES string of the molecule is N#Cc1ccc(-c2cccc3c(Br)c(N4CCC(N5CCCC5)CC4)cnc23)cc1. The van der Waals surface area contributed by atoms with Crippen molar-refractivity contribution in [3.63, 3.8) is 0 Å². The van der Waals surface area contributed by atoms with Crippen LogP contribution in [0.4, 0.5) is 5.69 Å². The van der Waals surface area contributed by atoms with E-state index in [1.165, 1.54) is 44.5 Å². The van der Waals surface area contributed by atoms with Crippen molar-refractivity contribution < 1.29 is 0 Å². The van der Waals surface area contributed by atoms with E-state index in [4.69, 9.17) is 10.2 Å². The van der Waals surface area contributed by atoms with Crippen LogP contribution >= 0.6 is 15.9 Å². The molecule has 0 spiro atoms. The van der Waals surface area contributed by atoms with Crippen molar-refractivity contribution in [1.82, 2.24) is 9.88 Å². The lowest BCUT2D eigenvalue weighted by Crippen LogP contribution is -2.44. The highest BCUT2D eigenvalue weighted by molar-refractivity contribution is 9.10. The molecule has 1 aromatic heterocycles. The fraction of sp³-hybridized carbons (Fsp3) is 0.360. The molecule has 0 unspecified atom stereocenters. The van der Waals surface area contributed by atoms with Crippen LogP contribution in [-0.4, -0.2) is 42.1 Å². The van der Waals surface area contributed by atoms with Gasteiger partial charge < -0.3 is 9.80 Å². The number of piperidine rings is 1. The molecule has 2 aromatic carbocycles. The third-order valence-electron chi connectivity index (χ3n) is 6.60. The van der Waals surface area contributed by atoms with E-state index in [1.54, 1.807) is 0 Å². The molecule has 3 heterocycles. The molecule has 0 amide bonds. The van der Waals surface area contributed by atoms with Gasteiger partial charge in [0.2, 0.25) is 0 Å². The summed E-state index contributed by atoms with van der Waals surface area (Å²) in [6, 6.07) is 17.0. The molecule has 0 saturated carbocycles. The number of hydrogen-bond acceptors (Lipinski definition) is 4. The van der Waals surface area contributed by atoms with E-state index in [1.807, 2.05) is 30.5 Å². The first-order chi connectivity index (χ1) is 14.7. The van der Waals surface area contributed by atoms with Gasteiger partial charge in [-0.05, 0) is 72.4 Å². The number of fused-ring (bicyclic) bond motifs is 1. The monoisotopic (exact) mass is 460 g/mol. The van der Waals surface area contributed by atoms with Crippen molar-refractivity contribution >= 4 is 32.5 Å². The molecular formula is C25H25BrN4. The zero-order chi connectivity index (χ0) is 20.5. The quantitative estimate of drug-likeness (QED) is 0.509. The first kappa shape index (κ1) is 19.5. The number of nitrogens with zero attached hydrogens (tertiary/aromatic N) is 4. The Hall–Kier alpha value is -2.42. The van der Waals surface area contributed by atoms with E-state index >= 15 is 0 Å². The number of para-hydroxylation sites is 1. The zero-order valence-electron chi connectivity index (χ0n) is 17.0. The lowest BCUT2D eigenvalue weighted by Gasteiger charge is -2.38. The average molecular weight is 461 g/mol. The van der Waals surface area contributed by atoms with E-state index in [2.05, 4.69) is 50.0 Å². The predicted octanol–water partition coefficient (Wildman–Crippen LogP) is 5.60. The molecule has 2 aliphatic rings. The molecule has 2 saturated heterocycles. The molecule has 152 valence electrons. The van der Waals surface area contributed by atoms with E-state index in [0.29, 0.717) is 5.56 Å². The fourth-order valence-corrected chi connectivity index (χ4v) is 5.61. The summed E-state index contributed by atoms with van der Waals surface area (Å²) in [7, 11) is 0. The Balaban J connectivity index is 1.43. The summed E-state index contributed by atoms with van der Waals surface area (Å²) < 4.78 is 1.13. The van der Waals surface area contributed by atoms with Crippen LogP contribution in [0, 0.1) is 11.3 Å². The Morgan fingerprint density at radius 3 is 2.40 bits per heavy atom. The maximum Gasteiger partial charge on any atom is 0.0991 e. The largest absolute Gasteiger partial charge is 0.369 e. The molecule has 0 N–H and O–H groups in total. The summed E-state index contributed by atoms with van der Waals surface area (Å²) in [5.74, 6) is 0. The first-order valence-corrected chi connectivity index (χ1v) is 11.6. The summed E-state index contributed by atoms with van der Waals surface area (Å²) >= 11 is 3.89. The summed E-state index contributed by atoms with van der Waals surface area (Å²) in [4.78, 5) is 10.1. The molecule has 0 atom stereocenters. The minimum absolute atomic E-state index is 0.674. The number of aromatic nitrogens is 1. The Labute approximate surface area is 186 Å². The van der Waals surface area contributed by atoms with Crippen LogP contribution in [0.1, 0.15) is 31.2 Å². The van der Waals surface area contributed by atoms with Crippen LogP contribution < -0.4 is 4.90 Å². The van der Waals surface area contributed by atoms with Gasteiger partial charge in [0.15, 0.2) is 0 Å². The lowest BCUT2D eigenvalue weighted by molar-refractivity contribution is 0.208. The van der Waals surface area contributed by atoms with Crippen LogP contribution in [0.5, 0.6) is 0 Å². The lowest BCUT2D eigenvalue weighted by atomic mass is 10.00. The van der Waals surface area contributed by atoms with Gasteiger partial charge in [-0.1, -0.05) is 30.3 Å². The Morgan fingerprint density at radius 1 is 0.967 bits per heavy atom. The second kappa shape index (κ2) is 8.37. The van der Waals surface area contributed by atoms with Crippen molar-refractivity contribution in [3.8, 4) is 17.2 Å². The minimum Gasteiger partial charge on any atom is -0.369 e. The molecule has 3 aromatic rings. The maximum absolute atomic E-state index is 9.06. The van der Waals surface area contributed by atoms with E-state index in [9.17, 15) is 0 Å². The average Bonchev–Trinajstić information content (AvgIpc) is 3.34. The van der Waals surface area contributed by atoms with Gasteiger partial charge >= 0.3 is 0 Å². The summed E-state index contributed by atoms with van der Waals surface area (Å²) in [6.45, 7) is 4.73. The van der Waals surface area contributed by atoms with Crippen LogP contribution in [0.2, 0.25) is 0 Å². The van der Waals surface area contributed by atoms with Crippen molar-refractivity contribution in [2.24, 2.45) is 0 Å². The van der Waals surface area contributed by atoms with Gasteiger partial charge in [0.05, 0.1) is 33.5 Å². The predicted molar refractivity (Wildman–Crippen MR) is 126 cm³/mol. The van der Waals surface area contributed by atoms with Crippen molar-refractivity contribution in [2.75, 3.05) is 31.1 Å². The van der Waals surface area contributed by atoms with Gasteiger partial charge in [-0.3, -0.25) is 4.98 Å². The molecule has 5 rings (SSSR count). The van der Waals surface area contributed by atoms with Gasteiger partial charge in [-0.2, -0.15) is 5.26 Å². The number of rotatable bonds is 3. The highest BCUT2D eigenvalue weighted by Gasteiger charge is 2.27. The smallest absolute Gasteiger partial charge is 0.0991 e. The zero-order valence-corrected chi connectivity index (χ0v) is 18.6. The second-order valence-electron chi connectivity index (χ2n) is 8.31. The molecule has 2 fully saturated rings. The van der Waals surface area contributed by atoms with Crippen molar-refractivity contribution in [1.29, 1.82) is 5.26 Å². The Morgan fingerprint density at radius 2 is 1.70 bits per heavy atom. The van der Waals surface area contributed by atoms with Crippen molar-refractivity contribution in [2.45, 2.75) is 31.7 Å². The molecule has 4 nitrogen and oxygen atoms in total. The number of anilines is 1. The molecular weight excluding hydrogens is 436 g/mol. The summed E-state index contributed by atoms with van der Waals surface area (Å²) in [5.41, 5.74) is 5.03. The van der Waals surface area contributed by atoms with Crippen molar-refractivity contribution in [3.05, 3.63) is 58.7 Å². The molecule has 2 aliphatic heterocycles. The third kappa shape index (κ3) is 3.59. The molecule has 0 aliphatic carbocycles. The first-order valence-electron chi connectivity index (χ1n) is 10.8. The van der Waals surface area contributed by atoms with Gasteiger partial charge in [-0.25, -0.2) is 0 Å². The van der Waals surface area contributed by atoms with Gasteiger partial charge in [0.25, 0.3) is 0 Å². The van der Waals surface area contributed by atoms with Crippen LogP contribution in [0.25, 0.3) is 22.0 Å². The Kier molecular flexibility index (Phi) is 5.45. The van der Waals surface area contributed by atoms with E-state index < -0.39 is 0 Å². The normalized spacial score (nSPS) is 18.1. The van der Waals surface area contributed by atoms with Crippen LogP contribution in [0.3, 0.4) is 0 Å². The number of pyridine rings is 1. The van der Waals surface area contributed by atoms with E-state index in [0.717, 1.165) is 45.6 Å². The summed E-state index contributed by atoms with van der Waals surface area (Å²) in [5, 5.41) is 10.2. The van der Waals surface area contributed by atoms with E-state index in [-0.39, 0.29) is 0 Å². The highest BCUT2D eigenvalue weighted by Crippen LogP contribution is 2.38. The standard InChI is InChI=1S/C25H25BrN4/c26-24-22-5-3-4-21(19-8-6-18(16-27)7-9-19)25(22)28-17-23(24)30-14-10-20(11-15-30)29-12-1-2-13-29/h3-9,17,20H,1-2,10-15H2. The number of likely N-dealkylation sites (tertiary alicyclic amines) is 1.